The first-order chi connectivity index (χ1) is 12.1. The summed E-state index contributed by atoms with van der Waals surface area (Å²) in [5.74, 6) is 1.47. The van der Waals surface area contributed by atoms with Crippen molar-refractivity contribution in [2.24, 2.45) is 0 Å². The molecule has 2 N–H and O–H groups in total. The molecule has 3 nitrogen and oxygen atoms in total. The molecule has 4 heteroatoms. The third kappa shape index (κ3) is 6.75. The van der Waals surface area contributed by atoms with Gasteiger partial charge in [0, 0.05) is 12.2 Å². The van der Waals surface area contributed by atoms with E-state index in [-0.39, 0.29) is 0 Å². The third-order valence-corrected chi connectivity index (χ3v) is 4.24. The Bertz CT molecular complexity index is 651. The minimum absolute atomic E-state index is 0.543. The zero-order valence-corrected chi connectivity index (χ0v) is 16.2. The Hall–Kier alpha value is -2.07. The predicted molar refractivity (Wildman–Crippen MR) is 111 cm³/mol. The summed E-state index contributed by atoms with van der Waals surface area (Å²) in [4.78, 5) is 0. The molecule has 0 spiro atoms. The van der Waals surface area contributed by atoms with E-state index in [4.69, 9.17) is 17.0 Å². The molecular weight excluding hydrogens is 328 g/mol. The molecule has 0 aliphatic heterocycles. The topological polar surface area (TPSA) is 33.3 Å². The van der Waals surface area contributed by atoms with Crippen molar-refractivity contribution in [3.05, 3.63) is 59.7 Å². The van der Waals surface area contributed by atoms with Crippen LogP contribution >= 0.6 is 12.2 Å². The van der Waals surface area contributed by atoms with Crippen molar-refractivity contribution in [1.82, 2.24) is 5.32 Å². The number of hydrogen-bond acceptors (Lipinski definition) is 2. The van der Waals surface area contributed by atoms with Crippen molar-refractivity contribution in [3.8, 4) is 5.75 Å². The van der Waals surface area contributed by atoms with E-state index in [0.717, 1.165) is 30.8 Å². The number of anilines is 1. The lowest BCUT2D eigenvalue weighted by Gasteiger charge is -2.12. The van der Waals surface area contributed by atoms with Gasteiger partial charge in [0.15, 0.2) is 5.11 Å². The van der Waals surface area contributed by atoms with Gasteiger partial charge in [-0.15, -0.1) is 0 Å². The first kappa shape index (κ1) is 19.3. The number of ether oxygens (including phenoxy) is 1. The Kier molecular flexibility index (Phi) is 7.74. The van der Waals surface area contributed by atoms with Crippen LogP contribution in [0.2, 0.25) is 0 Å². The Morgan fingerprint density at radius 1 is 1.04 bits per heavy atom. The van der Waals surface area contributed by atoms with Crippen LogP contribution in [0.1, 0.15) is 44.2 Å². The molecule has 2 rings (SSSR count). The van der Waals surface area contributed by atoms with Gasteiger partial charge in [-0.3, -0.25) is 0 Å². The minimum atomic E-state index is 0.543. The van der Waals surface area contributed by atoms with Crippen LogP contribution in [0.4, 0.5) is 5.69 Å². The van der Waals surface area contributed by atoms with E-state index in [9.17, 15) is 0 Å². The average Bonchev–Trinajstić information content (AvgIpc) is 2.61. The molecule has 0 radical (unpaired) electrons. The Labute approximate surface area is 156 Å². The normalized spacial score (nSPS) is 10.6. The van der Waals surface area contributed by atoms with Crippen LogP contribution < -0.4 is 15.4 Å². The number of nitrogens with one attached hydrogen (secondary N) is 2. The molecule has 0 atom stereocenters. The van der Waals surface area contributed by atoms with Crippen molar-refractivity contribution in [2.75, 3.05) is 18.5 Å². The van der Waals surface area contributed by atoms with Crippen molar-refractivity contribution >= 4 is 23.0 Å². The van der Waals surface area contributed by atoms with Gasteiger partial charge in [-0.1, -0.05) is 38.1 Å². The second-order valence-electron chi connectivity index (χ2n) is 6.34. The Morgan fingerprint density at radius 2 is 1.72 bits per heavy atom. The van der Waals surface area contributed by atoms with Gasteiger partial charge < -0.3 is 15.4 Å². The second-order valence-corrected chi connectivity index (χ2v) is 6.75. The molecule has 0 aliphatic carbocycles. The van der Waals surface area contributed by atoms with Crippen LogP contribution in [-0.2, 0) is 6.42 Å². The van der Waals surface area contributed by atoms with E-state index in [2.05, 4.69) is 60.9 Å². The van der Waals surface area contributed by atoms with Crippen LogP contribution in [0.25, 0.3) is 0 Å². The van der Waals surface area contributed by atoms with Gasteiger partial charge in [0.05, 0.1) is 6.61 Å². The minimum Gasteiger partial charge on any atom is -0.494 e. The Morgan fingerprint density at radius 3 is 2.32 bits per heavy atom. The Balaban J connectivity index is 1.68. The number of aryl methyl sites for hydroxylation is 1. The van der Waals surface area contributed by atoms with Gasteiger partial charge in [-0.25, -0.2) is 0 Å². The highest BCUT2D eigenvalue weighted by atomic mass is 32.1. The number of thiocarbonyl (C=S) groups is 1. The van der Waals surface area contributed by atoms with E-state index < -0.39 is 0 Å². The zero-order chi connectivity index (χ0) is 18.1. The quantitative estimate of drug-likeness (QED) is 0.507. The van der Waals surface area contributed by atoms with Crippen molar-refractivity contribution in [1.29, 1.82) is 0 Å². The third-order valence-electron chi connectivity index (χ3n) is 4.00. The molecule has 0 aliphatic rings. The average molecular weight is 357 g/mol. The summed E-state index contributed by atoms with van der Waals surface area (Å²) in [5.41, 5.74) is 3.67. The molecular formula is C21H28N2OS. The smallest absolute Gasteiger partial charge is 0.170 e. The maximum atomic E-state index is 5.46. The van der Waals surface area contributed by atoms with Gasteiger partial charge in [-0.05, 0) is 73.3 Å². The van der Waals surface area contributed by atoms with Gasteiger partial charge in [0.2, 0.25) is 0 Å². The number of rotatable bonds is 8. The number of benzene rings is 2. The zero-order valence-electron chi connectivity index (χ0n) is 15.3. The molecule has 0 saturated carbocycles. The maximum absolute atomic E-state index is 5.46. The van der Waals surface area contributed by atoms with Crippen LogP contribution in [0.5, 0.6) is 5.75 Å². The first-order valence-electron chi connectivity index (χ1n) is 8.95. The highest BCUT2D eigenvalue weighted by Gasteiger charge is 2.01. The van der Waals surface area contributed by atoms with Crippen molar-refractivity contribution in [3.63, 3.8) is 0 Å². The second kappa shape index (κ2) is 10.0. The summed E-state index contributed by atoms with van der Waals surface area (Å²) < 4.78 is 5.46. The molecule has 0 bridgehead atoms. The lowest BCUT2D eigenvalue weighted by atomic mass is 10.0. The standard InChI is InChI=1S/C21H28N2OS/c1-4-24-20-13-7-17(8-14-20)6-5-15-22-21(25)23-19-11-9-18(10-12-19)16(2)3/h7-14,16H,4-6,15H2,1-3H3,(H2,22,23,25). The molecule has 2 aromatic rings. The molecule has 0 amide bonds. The fraction of sp³-hybridized carbons (Fsp3) is 0.381. The highest BCUT2D eigenvalue weighted by molar-refractivity contribution is 7.80. The molecule has 2 aromatic carbocycles. The lowest BCUT2D eigenvalue weighted by Crippen LogP contribution is -2.29. The summed E-state index contributed by atoms with van der Waals surface area (Å²) in [7, 11) is 0. The van der Waals surface area contributed by atoms with Crippen molar-refractivity contribution in [2.45, 2.75) is 39.5 Å². The SMILES string of the molecule is CCOc1ccc(CCCNC(=S)Nc2ccc(C(C)C)cc2)cc1. The number of hydrogen-bond donors (Lipinski definition) is 2. The molecule has 25 heavy (non-hydrogen) atoms. The molecule has 0 unspecified atom stereocenters. The molecule has 134 valence electrons. The van der Waals surface area contributed by atoms with Crippen LogP contribution in [0, 0.1) is 0 Å². The fourth-order valence-electron chi connectivity index (χ4n) is 2.54. The molecule has 0 heterocycles. The summed E-state index contributed by atoms with van der Waals surface area (Å²) in [5, 5.41) is 7.17. The highest BCUT2D eigenvalue weighted by Crippen LogP contribution is 2.17. The summed E-state index contributed by atoms with van der Waals surface area (Å²) >= 11 is 5.36. The van der Waals surface area contributed by atoms with Crippen LogP contribution in [0.3, 0.4) is 0 Å². The van der Waals surface area contributed by atoms with E-state index in [1.54, 1.807) is 0 Å². The van der Waals surface area contributed by atoms with Gasteiger partial charge in [-0.2, -0.15) is 0 Å². The molecule has 0 aromatic heterocycles. The van der Waals surface area contributed by atoms with Crippen molar-refractivity contribution < 1.29 is 4.74 Å². The van der Waals surface area contributed by atoms with E-state index >= 15 is 0 Å². The lowest BCUT2D eigenvalue weighted by molar-refractivity contribution is 0.340. The van der Waals surface area contributed by atoms with E-state index in [1.807, 2.05) is 19.1 Å². The van der Waals surface area contributed by atoms with E-state index in [1.165, 1.54) is 11.1 Å². The monoisotopic (exact) mass is 356 g/mol. The summed E-state index contributed by atoms with van der Waals surface area (Å²) in [6.45, 7) is 7.93. The maximum Gasteiger partial charge on any atom is 0.170 e. The van der Waals surface area contributed by atoms with Gasteiger partial charge >= 0.3 is 0 Å². The largest absolute Gasteiger partial charge is 0.494 e. The van der Waals surface area contributed by atoms with Gasteiger partial charge in [0.25, 0.3) is 0 Å². The molecule has 0 fully saturated rings. The van der Waals surface area contributed by atoms with Gasteiger partial charge in [0.1, 0.15) is 5.75 Å². The summed E-state index contributed by atoms with van der Waals surface area (Å²) in [6.07, 6.45) is 2.05. The van der Waals surface area contributed by atoms with Crippen LogP contribution in [0.15, 0.2) is 48.5 Å². The van der Waals surface area contributed by atoms with E-state index in [0.29, 0.717) is 17.6 Å². The predicted octanol–water partition coefficient (Wildman–Crippen LogP) is 5.13. The molecule has 0 saturated heterocycles. The first-order valence-corrected chi connectivity index (χ1v) is 9.36. The summed E-state index contributed by atoms with van der Waals surface area (Å²) in [6, 6.07) is 16.7. The fourth-order valence-corrected chi connectivity index (χ4v) is 2.76. The van der Waals surface area contributed by atoms with Crippen LogP contribution in [-0.4, -0.2) is 18.3 Å².